The normalized spacial score (nSPS) is 17.1. The van der Waals surface area contributed by atoms with E-state index < -0.39 is 0 Å². The third-order valence-corrected chi connectivity index (χ3v) is 4.00. The van der Waals surface area contributed by atoms with Crippen LogP contribution in [0.5, 0.6) is 0 Å². The molecule has 0 saturated carbocycles. The number of hydrogen-bond donors (Lipinski definition) is 1. The fourth-order valence-corrected chi connectivity index (χ4v) is 3.17. The van der Waals surface area contributed by atoms with Crippen LogP contribution in [-0.4, -0.2) is 6.54 Å². The monoisotopic (exact) mass is 251 g/mol. The summed E-state index contributed by atoms with van der Waals surface area (Å²) in [6.45, 7) is 5.45. The van der Waals surface area contributed by atoms with Crippen LogP contribution >= 0.6 is 0 Å². The van der Waals surface area contributed by atoms with Crippen molar-refractivity contribution in [2.45, 2.75) is 32.6 Å². The largest absolute Gasteiger partial charge is 0.384 e. The van der Waals surface area contributed by atoms with Gasteiger partial charge in [0.05, 0.1) is 0 Å². The van der Waals surface area contributed by atoms with Crippen LogP contribution in [0.3, 0.4) is 0 Å². The standard InChI is InChI=1S/C18H21N/c1-13-9-14(2)11-15(10-13)7-8-16-12-19-18-6-4-3-5-17(16)18/h3-6,9-11,16,19H,7-8,12H2,1-2H3. The molecule has 1 N–H and O–H groups in total. The Morgan fingerprint density at radius 2 is 1.79 bits per heavy atom. The summed E-state index contributed by atoms with van der Waals surface area (Å²) in [7, 11) is 0. The molecule has 0 aliphatic carbocycles. The maximum Gasteiger partial charge on any atom is 0.0376 e. The summed E-state index contributed by atoms with van der Waals surface area (Å²) in [5.74, 6) is 0.664. The molecule has 1 atom stereocenters. The number of para-hydroxylation sites is 1. The minimum absolute atomic E-state index is 0.664. The minimum Gasteiger partial charge on any atom is -0.384 e. The molecule has 0 fully saturated rings. The van der Waals surface area contributed by atoms with E-state index in [4.69, 9.17) is 0 Å². The molecular formula is C18H21N. The lowest BCUT2D eigenvalue weighted by Gasteiger charge is -2.11. The van der Waals surface area contributed by atoms with Crippen molar-refractivity contribution in [1.82, 2.24) is 0 Å². The zero-order valence-corrected chi connectivity index (χ0v) is 11.7. The number of fused-ring (bicyclic) bond motifs is 1. The first kappa shape index (κ1) is 12.3. The molecule has 3 rings (SSSR count). The van der Waals surface area contributed by atoms with E-state index in [9.17, 15) is 0 Å². The van der Waals surface area contributed by atoms with E-state index in [1.807, 2.05) is 0 Å². The molecule has 0 saturated heterocycles. The first-order chi connectivity index (χ1) is 9.22. The Labute approximate surface area is 115 Å². The number of aryl methyl sites for hydroxylation is 3. The molecule has 0 aromatic heterocycles. The van der Waals surface area contributed by atoms with Crippen LogP contribution in [0.2, 0.25) is 0 Å². The van der Waals surface area contributed by atoms with Gasteiger partial charge in [-0.2, -0.15) is 0 Å². The summed E-state index contributed by atoms with van der Waals surface area (Å²) in [5.41, 5.74) is 7.04. The molecule has 98 valence electrons. The van der Waals surface area contributed by atoms with E-state index in [1.54, 1.807) is 0 Å². The van der Waals surface area contributed by atoms with E-state index in [1.165, 1.54) is 40.8 Å². The van der Waals surface area contributed by atoms with Gasteiger partial charge in [0.15, 0.2) is 0 Å². The Bertz CT molecular complexity index is 566. The molecule has 1 unspecified atom stereocenters. The van der Waals surface area contributed by atoms with Gasteiger partial charge in [0.25, 0.3) is 0 Å². The second-order valence-electron chi connectivity index (χ2n) is 5.70. The molecule has 1 heteroatoms. The quantitative estimate of drug-likeness (QED) is 0.850. The van der Waals surface area contributed by atoms with Crippen molar-refractivity contribution in [1.29, 1.82) is 0 Å². The van der Waals surface area contributed by atoms with Crippen LogP contribution in [0.1, 0.15) is 34.6 Å². The summed E-state index contributed by atoms with van der Waals surface area (Å²) in [6.07, 6.45) is 2.40. The number of rotatable bonds is 3. The lowest BCUT2D eigenvalue weighted by molar-refractivity contribution is 0.675. The van der Waals surface area contributed by atoms with Crippen molar-refractivity contribution >= 4 is 5.69 Å². The van der Waals surface area contributed by atoms with E-state index in [2.05, 4.69) is 61.6 Å². The van der Waals surface area contributed by atoms with Crippen molar-refractivity contribution in [3.8, 4) is 0 Å². The summed E-state index contributed by atoms with van der Waals surface area (Å²) in [5, 5.41) is 3.51. The van der Waals surface area contributed by atoms with E-state index >= 15 is 0 Å². The molecule has 19 heavy (non-hydrogen) atoms. The second-order valence-corrected chi connectivity index (χ2v) is 5.70. The second kappa shape index (κ2) is 5.08. The van der Waals surface area contributed by atoms with E-state index in [-0.39, 0.29) is 0 Å². The average Bonchev–Trinajstić information content (AvgIpc) is 2.78. The maximum absolute atomic E-state index is 3.51. The van der Waals surface area contributed by atoms with Gasteiger partial charge < -0.3 is 5.32 Å². The summed E-state index contributed by atoms with van der Waals surface area (Å²) in [4.78, 5) is 0. The minimum atomic E-state index is 0.664. The lowest BCUT2D eigenvalue weighted by Crippen LogP contribution is -2.03. The van der Waals surface area contributed by atoms with Crippen molar-refractivity contribution in [3.05, 3.63) is 64.7 Å². The van der Waals surface area contributed by atoms with Crippen LogP contribution in [0.15, 0.2) is 42.5 Å². The van der Waals surface area contributed by atoms with Gasteiger partial charge in [0, 0.05) is 18.2 Å². The van der Waals surface area contributed by atoms with Crippen LogP contribution < -0.4 is 5.32 Å². The van der Waals surface area contributed by atoms with Crippen molar-refractivity contribution < 1.29 is 0 Å². The predicted octanol–water partition coefficient (Wildman–Crippen LogP) is 4.45. The molecule has 2 aromatic carbocycles. The molecule has 1 aliphatic rings. The fraction of sp³-hybridized carbons (Fsp3) is 0.333. The first-order valence-electron chi connectivity index (χ1n) is 7.12. The molecule has 1 heterocycles. The molecule has 1 nitrogen and oxygen atoms in total. The highest BCUT2D eigenvalue weighted by molar-refractivity contribution is 5.57. The number of hydrogen-bond acceptors (Lipinski definition) is 1. The number of anilines is 1. The van der Waals surface area contributed by atoms with Crippen LogP contribution in [0.4, 0.5) is 5.69 Å². The molecule has 0 spiro atoms. The van der Waals surface area contributed by atoms with E-state index in [0.29, 0.717) is 5.92 Å². The topological polar surface area (TPSA) is 12.0 Å². The average molecular weight is 251 g/mol. The Morgan fingerprint density at radius 1 is 1.05 bits per heavy atom. The first-order valence-corrected chi connectivity index (χ1v) is 7.12. The van der Waals surface area contributed by atoms with Crippen LogP contribution in [0.25, 0.3) is 0 Å². The third kappa shape index (κ3) is 2.65. The molecular weight excluding hydrogens is 230 g/mol. The van der Waals surface area contributed by atoms with E-state index in [0.717, 1.165) is 6.54 Å². The smallest absolute Gasteiger partial charge is 0.0376 e. The van der Waals surface area contributed by atoms with Gasteiger partial charge in [-0.3, -0.25) is 0 Å². The summed E-state index contributed by atoms with van der Waals surface area (Å²) < 4.78 is 0. The van der Waals surface area contributed by atoms with Crippen molar-refractivity contribution in [3.63, 3.8) is 0 Å². The van der Waals surface area contributed by atoms with Gasteiger partial charge in [-0.15, -0.1) is 0 Å². The Morgan fingerprint density at radius 3 is 2.58 bits per heavy atom. The van der Waals surface area contributed by atoms with Crippen molar-refractivity contribution in [2.24, 2.45) is 0 Å². The fourth-order valence-electron chi connectivity index (χ4n) is 3.17. The van der Waals surface area contributed by atoms with Gasteiger partial charge in [-0.25, -0.2) is 0 Å². The Hall–Kier alpha value is -1.76. The maximum atomic E-state index is 3.51. The zero-order valence-electron chi connectivity index (χ0n) is 11.7. The van der Waals surface area contributed by atoms with Gasteiger partial charge in [-0.1, -0.05) is 47.5 Å². The summed E-state index contributed by atoms with van der Waals surface area (Å²) in [6, 6.07) is 15.6. The molecule has 2 aromatic rings. The zero-order chi connectivity index (χ0) is 13.2. The van der Waals surface area contributed by atoms with Crippen LogP contribution in [-0.2, 0) is 6.42 Å². The highest BCUT2D eigenvalue weighted by Gasteiger charge is 2.20. The van der Waals surface area contributed by atoms with Gasteiger partial charge >= 0.3 is 0 Å². The molecule has 1 aliphatic heterocycles. The van der Waals surface area contributed by atoms with Crippen molar-refractivity contribution in [2.75, 3.05) is 11.9 Å². The summed E-state index contributed by atoms with van der Waals surface area (Å²) >= 11 is 0. The Balaban J connectivity index is 1.70. The Kier molecular flexibility index (Phi) is 3.29. The number of benzene rings is 2. The molecule has 0 amide bonds. The van der Waals surface area contributed by atoms with Gasteiger partial charge in [0.2, 0.25) is 0 Å². The van der Waals surface area contributed by atoms with Gasteiger partial charge in [0.1, 0.15) is 0 Å². The predicted molar refractivity (Wildman–Crippen MR) is 81.9 cm³/mol. The molecule has 0 radical (unpaired) electrons. The lowest BCUT2D eigenvalue weighted by atomic mass is 9.93. The highest BCUT2D eigenvalue weighted by atomic mass is 14.9. The SMILES string of the molecule is Cc1cc(C)cc(CCC2CNc3ccccc32)c1. The number of nitrogens with one attached hydrogen (secondary N) is 1. The van der Waals surface area contributed by atoms with Gasteiger partial charge in [-0.05, 0) is 43.9 Å². The molecule has 0 bridgehead atoms. The highest BCUT2D eigenvalue weighted by Crippen LogP contribution is 2.34. The van der Waals surface area contributed by atoms with Crippen LogP contribution in [0, 0.1) is 13.8 Å². The third-order valence-electron chi connectivity index (χ3n) is 4.00.